The molecule has 0 aliphatic carbocycles. The number of carbonyl (C=O) groups is 1. The van der Waals surface area contributed by atoms with E-state index in [0.29, 0.717) is 30.4 Å². The summed E-state index contributed by atoms with van der Waals surface area (Å²) in [4.78, 5) is 11.3. The van der Waals surface area contributed by atoms with Crippen LogP contribution in [0.25, 0.3) is 0 Å². The zero-order valence-corrected chi connectivity index (χ0v) is 14.4. The molecule has 0 spiro atoms. The molecule has 0 saturated carbocycles. The number of hydrogen-bond acceptors (Lipinski definition) is 4. The molecule has 1 atom stereocenters. The Morgan fingerprint density at radius 3 is 2.70 bits per heavy atom. The number of amides is 1. The standard InChI is InChI=1S/C15H23N3O4S/c1-11-5-4-8-18(10-11)23(20,21)17-15-9-13(22-3)6-7-14(15)16-12(2)19/h6-7,9,11,17H,4-5,8,10H2,1-3H3,(H,16,19)/t11-/m0/s1. The van der Waals surface area contributed by atoms with Gasteiger partial charge in [0.15, 0.2) is 0 Å². The van der Waals surface area contributed by atoms with Crippen LogP contribution < -0.4 is 14.8 Å². The fraction of sp³-hybridized carbons (Fsp3) is 0.533. The van der Waals surface area contributed by atoms with E-state index in [9.17, 15) is 13.2 Å². The molecule has 2 N–H and O–H groups in total. The quantitative estimate of drug-likeness (QED) is 0.858. The lowest BCUT2D eigenvalue weighted by Crippen LogP contribution is -2.42. The zero-order chi connectivity index (χ0) is 17.0. The van der Waals surface area contributed by atoms with Crippen LogP contribution >= 0.6 is 0 Å². The van der Waals surface area contributed by atoms with E-state index in [1.807, 2.05) is 6.92 Å². The lowest BCUT2D eigenvalue weighted by molar-refractivity contribution is -0.114. The van der Waals surface area contributed by atoms with Crippen LogP contribution in [0.3, 0.4) is 0 Å². The van der Waals surface area contributed by atoms with Gasteiger partial charge < -0.3 is 10.1 Å². The fourth-order valence-electron chi connectivity index (χ4n) is 2.60. The van der Waals surface area contributed by atoms with Gasteiger partial charge in [0.25, 0.3) is 0 Å². The molecule has 0 unspecified atom stereocenters. The maximum Gasteiger partial charge on any atom is 0.301 e. The third-order valence-corrected chi connectivity index (χ3v) is 5.23. The molecule has 1 aromatic rings. The topological polar surface area (TPSA) is 87.7 Å². The Bertz CT molecular complexity index is 675. The van der Waals surface area contributed by atoms with Gasteiger partial charge in [-0.3, -0.25) is 9.52 Å². The van der Waals surface area contributed by atoms with Crippen molar-refractivity contribution in [1.82, 2.24) is 4.31 Å². The Morgan fingerprint density at radius 2 is 2.09 bits per heavy atom. The van der Waals surface area contributed by atoms with Crippen LogP contribution in [0.15, 0.2) is 18.2 Å². The summed E-state index contributed by atoms with van der Waals surface area (Å²) in [5.41, 5.74) is 0.685. The minimum atomic E-state index is -3.68. The highest BCUT2D eigenvalue weighted by Crippen LogP contribution is 2.29. The first-order valence-electron chi connectivity index (χ1n) is 7.55. The van der Waals surface area contributed by atoms with Crippen molar-refractivity contribution in [1.29, 1.82) is 0 Å². The van der Waals surface area contributed by atoms with Crippen molar-refractivity contribution < 1.29 is 17.9 Å². The second kappa shape index (κ2) is 7.18. The second-order valence-corrected chi connectivity index (χ2v) is 7.48. The molecule has 1 fully saturated rings. The summed E-state index contributed by atoms with van der Waals surface area (Å²) in [5, 5.41) is 2.62. The van der Waals surface area contributed by atoms with Crippen molar-refractivity contribution in [3.05, 3.63) is 18.2 Å². The number of nitrogens with one attached hydrogen (secondary N) is 2. The number of benzene rings is 1. The molecule has 0 radical (unpaired) electrons. The molecule has 8 heteroatoms. The third-order valence-electron chi connectivity index (χ3n) is 3.74. The van der Waals surface area contributed by atoms with Gasteiger partial charge in [-0.2, -0.15) is 12.7 Å². The number of nitrogens with zero attached hydrogens (tertiary/aromatic N) is 1. The van der Waals surface area contributed by atoms with Crippen molar-refractivity contribution in [2.24, 2.45) is 5.92 Å². The van der Waals surface area contributed by atoms with E-state index in [0.717, 1.165) is 12.8 Å². The van der Waals surface area contributed by atoms with Gasteiger partial charge in [0, 0.05) is 26.1 Å². The first-order valence-corrected chi connectivity index (χ1v) is 8.99. The van der Waals surface area contributed by atoms with Gasteiger partial charge in [0.2, 0.25) is 5.91 Å². The van der Waals surface area contributed by atoms with Crippen molar-refractivity contribution in [3.8, 4) is 5.75 Å². The first kappa shape index (κ1) is 17.6. The number of rotatable bonds is 5. The molecule has 1 saturated heterocycles. The summed E-state index contributed by atoms with van der Waals surface area (Å²) >= 11 is 0. The van der Waals surface area contributed by atoms with Crippen LogP contribution in [0.4, 0.5) is 11.4 Å². The van der Waals surface area contributed by atoms with E-state index in [1.54, 1.807) is 18.2 Å². The molecule has 0 aromatic heterocycles. The summed E-state index contributed by atoms with van der Waals surface area (Å²) in [6.45, 7) is 4.40. The average molecular weight is 341 g/mol. The van der Waals surface area contributed by atoms with Crippen LogP contribution in [-0.2, 0) is 15.0 Å². The molecule has 7 nitrogen and oxygen atoms in total. The molecular formula is C15H23N3O4S. The van der Waals surface area contributed by atoms with E-state index < -0.39 is 10.2 Å². The van der Waals surface area contributed by atoms with Gasteiger partial charge in [-0.25, -0.2) is 0 Å². The van der Waals surface area contributed by atoms with Crippen LogP contribution in [-0.4, -0.2) is 38.8 Å². The van der Waals surface area contributed by atoms with Gasteiger partial charge >= 0.3 is 10.2 Å². The summed E-state index contributed by atoms with van der Waals surface area (Å²) in [6, 6.07) is 4.82. The number of hydrogen-bond donors (Lipinski definition) is 2. The predicted octanol–water partition coefficient (Wildman–Crippen LogP) is 2.04. The van der Waals surface area contributed by atoms with E-state index >= 15 is 0 Å². The zero-order valence-electron chi connectivity index (χ0n) is 13.6. The largest absolute Gasteiger partial charge is 0.497 e. The maximum absolute atomic E-state index is 12.6. The SMILES string of the molecule is COc1ccc(NC(C)=O)c(NS(=O)(=O)N2CCC[C@H](C)C2)c1. The molecule has 1 aliphatic rings. The Hall–Kier alpha value is -1.80. The predicted molar refractivity (Wildman–Crippen MR) is 89.8 cm³/mol. The smallest absolute Gasteiger partial charge is 0.301 e. The molecule has 1 amide bonds. The first-order chi connectivity index (χ1) is 10.8. The summed E-state index contributed by atoms with van der Waals surface area (Å²) in [5.74, 6) is 0.562. The number of carbonyl (C=O) groups excluding carboxylic acids is 1. The summed E-state index contributed by atoms with van der Waals surface area (Å²) in [7, 11) is -2.18. The Morgan fingerprint density at radius 1 is 1.35 bits per heavy atom. The van der Waals surface area contributed by atoms with Gasteiger partial charge in [-0.05, 0) is 30.9 Å². The molecule has 2 rings (SSSR count). The third kappa shape index (κ3) is 4.59. The Balaban J connectivity index is 2.27. The van der Waals surface area contributed by atoms with E-state index in [1.165, 1.54) is 18.3 Å². The van der Waals surface area contributed by atoms with Crippen LogP contribution in [0.5, 0.6) is 5.75 Å². The van der Waals surface area contributed by atoms with E-state index in [2.05, 4.69) is 10.0 Å². The highest BCUT2D eigenvalue weighted by molar-refractivity contribution is 7.90. The monoisotopic (exact) mass is 341 g/mol. The van der Waals surface area contributed by atoms with Gasteiger partial charge in [-0.1, -0.05) is 6.92 Å². The number of methoxy groups -OCH3 is 1. The minimum absolute atomic E-state index is 0.276. The van der Waals surface area contributed by atoms with Crippen molar-refractivity contribution in [3.63, 3.8) is 0 Å². The molecule has 1 aliphatic heterocycles. The van der Waals surface area contributed by atoms with Crippen molar-refractivity contribution in [2.45, 2.75) is 26.7 Å². The highest BCUT2D eigenvalue weighted by Gasteiger charge is 2.27. The normalized spacial score (nSPS) is 19.2. The maximum atomic E-state index is 12.6. The summed E-state index contributed by atoms with van der Waals surface area (Å²) in [6.07, 6.45) is 1.88. The Labute approximate surface area is 137 Å². The fourth-order valence-corrected chi connectivity index (χ4v) is 4.00. The molecule has 23 heavy (non-hydrogen) atoms. The minimum Gasteiger partial charge on any atom is -0.497 e. The van der Waals surface area contributed by atoms with Crippen LogP contribution in [0.2, 0.25) is 0 Å². The molecule has 128 valence electrons. The molecular weight excluding hydrogens is 318 g/mol. The highest BCUT2D eigenvalue weighted by atomic mass is 32.2. The van der Waals surface area contributed by atoms with Crippen molar-refractivity contribution in [2.75, 3.05) is 30.2 Å². The van der Waals surface area contributed by atoms with Gasteiger partial charge in [-0.15, -0.1) is 0 Å². The van der Waals surface area contributed by atoms with Crippen molar-refractivity contribution >= 4 is 27.5 Å². The molecule has 0 bridgehead atoms. The van der Waals surface area contributed by atoms with Crippen LogP contribution in [0, 0.1) is 5.92 Å². The summed E-state index contributed by atoms with van der Waals surface area (Å²) < 4.78 is 34.3. The number of ether oxygens (including phenoxy) is 1. The molecule has 1 heterocycles. The number of piperidine rings is 1. The lowest BCUT2D eigenvalue weighted by atomic mass is 10.0. The second-order valence-electron chi connectivity index (χ2n) is 5.81. The van der Waals surface area contributed by atoms with Crippen LogP contribution in [0.1, 0.15) is 26.7 Å². The van der Waals surface area contributed by atoms with E-state index in [-0.39, 0.29) is 11.6 Å². The van der Waals surface area contributed by atoms with Gasteiger partial charge in [0.1, 0.15) is 5.75 Å². The Kier molecular flexibility index (Phi) is 5.48. The van der Waals surface area contributed by atoms with E-state index in [4.69, 9.17) is 4.74 Å². The number of anilines is 2. The van der Waals surface area contributed by atoms with Gasteiger partial charge in [0.05, 0.1) is 18.5 Å². The molecule has 1 aromatic carbocycles. The lowest BCUT2D eigenvalue weighted by Gasteiger charge is -2.30. The average Bonchev–Trinajstić information content (AvgIpc) is 2.48.